The predicted octanol–water partition coefficient (Wildman–Crippen LogP) is 2.38. The van der Waals surface area contributed by atoms with Gasteiger partial charge in [-0.15, -0.1) is 0 Å². The lowest BCUT2D eigenvalue weighted by atomic mass is 9.88. The Balaban J connectivity index is 1.54. The fraction of sp³-hybridized carbons (Fsp3) is 0.789. The van der Waals surface area contributed by atoms with Crippen molar-refractivity contribution in [3.05, 3.63) is 12.2 Å². The Kier molecular flexibility index (Phi) is 7.90. The number of carbonyl (C=O) groups excluding carboxylic acids is 2. The van der Waals surface area contributed by atoms with Crippen LogP contribution in [-0.2, 0) is 23.8 Å². The molecule has 0 radical (unpaired) electrons. The predicted molar refractivity (Wildman–Crippen MR) is 91.8 cm³/mol. The molecule has 2 aliphatic rings. The van der Waals surface area contributed by atoms with Gasteiger partial charge >= 0.3 is 11.9 Å². The van der Waals surface area contributed by atoms with Crippen LogP contribution in [0.25, 0.3) is 0 Å². The third-order valence-corrected chi connectivity index (χ3v) is 4.86. The molecule has 142 valence electrons. The monoisotopic (exact) mass is 354 g/mol. The van der Waals surface area contributed by atoms with E-state index in [0.717, 1.165) is 44.3 Å². The second-order valence-electron chi connectivity index (χ2n) is 7.34. The molecule has 0 aromatic carbocycles. The number of rotatable bonds is 9. The van der Waals surface area contributed by atoms with Crippen molar-refractivity contribution >= 4 is 11.9 Å². The Bertz CT molecular complexity index is 475. The number of carbonyl (C=O) groups is 2. The number of hydrogen-bond donors (Lipinski definition) is 1. The highest BCUT2D eigenvalue weighted by molar-refractivity contribution is 5.91. The molecule has 0 aromatic rings. The molecule has 6 nitrogen and oxygen atoms in total. The van der Waals surface area contributed by atoms with Gasteiger partial charge in [-0.25, -0.2) is 9.59 Å². The van der Waals surface area contributed by atoms with Gasteiger partial charge in [0.15, 0.2) is 0 Å². The summed E-state index contributed by atoms with van der Waals surface area (Å²) >= 11 is 0. The largest absolute Gasteiger partial charge is 0.462 e. The zero-order chi connectivity index (χ0) is 18.2. The van der Waals surface area contributed by atoms with Crippen LogP contribution in [0.4, 0.5) is 0 Å². The summed E-state index contributed by atoms with van der Waals surface area (Å²) in [5.41, 5.74) is 0. The summed E-state index contributed by atoms with van der Waals surface area (Å²) < 4.78 is 15.6. The molecule has 0 bridgehead atoms. The van der Waals surface area contributed by atoms with Gasteiger partial charge in [-0.05, 0) is 50.9 Å². The normalized spacial score (nSPS) is 30.0. The summed E-state index contributed by atoms with van der Waals surface area (Å²) in [4.78, 5) is 23.3. The maximum atomic E-state index is 11.6. The number of ether oxygens (including phenoxy) is 3. The van der Waals surface area contributed by atoms with Crippen LogP contribution in [0.15, 0.2) is 12.2 Å². The first kappa shape index (κ1) is 19.9. The SMILES string of the molecule is CC(CCC1OC1C)COC(=O)/C=C/C(=O)OCC1CCCC(O)C1. The van der Waals surface area contributed by atoms with Crippen LogP contribution < -0.4 is 0 Å². The average molecular weight is 354 g/mol. The maximum absolute atomic E-state index is 11.6. The third kappa shape index (κ3) is 8.01. The molecular formula is C19H30O6. The number of aliphatic hydroxyl groups excluding tert-OH is 1. The molecule has 1 N–H and O–H groups in total. The molecule has 0 amide bonds. The van der Waals surface area contributed by atoms with E-state index in [2.05, 4.69) is 6.92 Å². The average Bonchev–Trinajstić information content (AvgIpc) is 3.30. The molecule has 1 saturated carbocycles. The molecule has 25 heavy (non-hydrogen) atoms. The van der Waals surface area contributed by atoms with E-state index in [1.54, 1.807) is 0 Å². The first-order chi connectivity index (χ1) is 11.9. The zero-order valence-corrected chi connectivity index (χ0v) is 15.2. The van der Waals surface area contributed by atoms with Crippen molar-refractivity contribution in [2.24, 2.45) is 11.8 Å². The Morgan fingerprint density at radius 2 is 1.92 bits per heavy atom. The van der Waals surface area contributed by atoms with Gasteiger partial charge in [0, 0.05) is 12.2 Å². The van der Waals surface area contributed by atoms with Crippen molar-refractivity contribution in [1.29, 1.82) is 0 Å². The van der Waals surface area contributed by atoms with Gasteiger partial charge in [-0.1, -0.05) is 13.3 Å². The van der Waals surface area contributed by atoms with Gasteiger partial charge in [0.05, 0.1) is 31.5 Å². The highest BCUT2D eigenvalue weighted by Crippen LogP contribution is 2.27. The maximum Gasteiger partial charge on any atom is 0.331 e. The van der Waals surface area contributed by atoms with E-state index in [0.29, 0.717) is 25.2 Å². The van der Waals surface area contributed by atoms with Crippen molar-refractivity contribution in [1.82, 2.24) is 0 Å². The fourth-order valence-corrected chi connectivity index (χ4v) is 3.14. The summed E-state index contributed by atoms with van der Waals surface area (Å²) in [6.45, 7) is 4.69. The van der Waals surface area contributed by atoms with Crippen molar-refractivity contribution in [2.75, 3.05) is 13.2 Å². The molecule has 1 heterocycles. The van der Waals surface area contributed by atoms with E-state index in [1.165, 1.54) is 0 Å². The van der Waals surface area contributed by atoms with Gasteiger partial charge in [0.25, 0.3) is 0 Å². The van der Waals surface area contributed by atoms with E-state index in [9.17, 15) is 14.7 Å². The lowest BCUT2D eigenvalue weighted by Gasteiger charge is -2.25. The molecule has 2 fully saturated rings. The number of esters is 2. The van der Waals surface area contributed by atoms with Gasteiger partial charge in [0.1, 0.15) is 0 Å². The topological polar surface area (TPSA) is 85.4 Å². The minimum absolute atomic E-state index is 0.201. The van der Waals surface area contributed by atoms with E-state index in [1.807, 2.05) is 6.92 Å². The minimum atomic E-state index is -0.551. The van der Waals surface area contributed by atoms with E-state index < -0.39 is 11.9 Å². The van der Waals surface area contributed by atoms with Crippen molar-refractivity contribution in [3.63, 3.8) is 0 Å². The van der Waals surface area contributed by atoms with Crippen LogP contribution >= 0.6 is 0 Å². The molecule has 5 atom stereocenters. The third-order valence-electron chi connectivity index (χ3n) is 4.86. The van der Waals surface area contributed by atoms with Crippen molar-refractivity contribution in [3.8, 4) is 0 Å². The second-order valence-corrected chi connectivity index (χ2v) is 7.34. The molecule has 0 aromatic heterocycles. The Labute approximate surface area is 149 Å². The van der Waals surface area contributed by atoms with Crippen LogP contribution in [-0.4, -0.2) is 48.6 Å². The summed E-state index contributed by atoms with van der Waals surface area (Å²) in [5.74, 6) is -0.622. The Hall–Kier alpha value is -1.40. The van der Waals surface area contributed by atoms with E-state index >= 15 is 0 Å². The molecule has 1 saturated heterocycles. The second kappa shape index (κ2) is 9.92. The number of hydrogen-bond acceptors (Lipinski definition) is 6. The summed E-state index contributed by atoms with van der Waals surface area (Å²) in [5, 5.41) is 9.59. The first-order valence-corrected chi connectivity index (χ1v) is 9.29. The van der Waals surface area contributed by atoms with Gasteiger partial charge in [-0.2, -0.15) is 0 Å². The van der Waals surface area contributed by atoms with Crippen LogP contribution in [0, 0.1) is 11.8 Å². The van der Waals surface area contributed by atoms with Crippen LogP contribution in [0.3, 0.4) is 0 Å². The quantitative estimate of drug-likeness (QED) is 0.389. The standard InChI is InChI=1S/C19H30O6/c1-13(6-7-17-14(2)25-17)11-23-18(21)8-9-19(22)24-12-15-4-3-5-16(20)10-15/h8-9,13-17,20H,3-7,10-12H2,1-2H3/b9-8+. The molecule has 5 unspecified atom stereocenters. The van der Waals surface area contributed by atoms with Crippen LogP contribution in [0.2, 0.25) is 0 Å². The summed E-state index contributed by atoms with van der Waals surface area (Å²) in [6, 6.07) is 0. The first-order valence-electron chi connectivity index (χ1n) is 9.29. The highest BCUT2D eigenvalue weighted by atomic mass is 16.6. The molecule has 2 rings (SSSR count). The van der Waals surface area contributed by atoms with E-state index in [4.69, 9.17) is 14.2 Å². The van der Waals surface area contributed by atoms with Crippen molar-refractivity contribution in [2.45, 2.75) is 70.7 Å². The van der Waals surface area contributed by atoms with Gasteiger partial charge in [0.2, 0.25) is 0 Å². The summed E-state index contributed by atoms with van der Waals surface area (Å²) in [7, 11) is 0. The molecular weight excluding hydrogens is 324 g/mol. The van der Waals surface area contributed by atoms with E-state index in [-0.39, 0.29) is 24.5 Å². The highest BCUT2D eigenvalue weighted by Gasteiger charge is 2.33. The summed E-state index contributed by atoms with van der Waals surface area (Å²) in [6.07, 6.45) is 7.97. The lowest BCUT2D eigenvalue weighted by molar-refractivity contribution is -0.142. The van der Waals surface area contributed by atoms with Crippen molar-refractivity contribution < 1.29 is 28.9 Å². The lowest BCUT2D eigenvalue weighted by Crippen LogP contribution is -2.24. The van der Waals surface area contributed by atoms with Gasteiger partial charge < -0.3 is 19.3 Å². The molecule has 6 heteroatoms. The number of aliphatic hydroxyl groups is 1. The Morgan fingerprint density at radius 1 is 1.24 bits per heavy atom. The van der Waals surface area contributed by atoms with Crippen LogP contribution in [0.5, 0.6) is 0 Å². The van der Waals surface area contributed by atoms with Gasteiger partial charge in [-0.3, -0.25) is 0 Å². The molecule has 1 aliphatic heterocycles. The van der Waals surface area contributed by atoms with Crippen LogP contribution in [0.1, 0.15) is 52.4 Å². The fourth-order valence-electron chi connectivity index (χ4n) is 3.14. The molecule has 0 spiro atoms. The zero-order valence-electron chi connectivity index (χ0n) is 15.2. The smallest absolute Gasteiger partial charge is 0.331 e. The Morgan fingerprint density at radius 3 is 2.56 bits per heavy atom. The minimum Gasteiger partial charge on any atom is -0.462 e. The number of epoxide rings is 1. The molecule has 1 aliphatic carbocycles.